The van der Waals surface area contributed by atoms with E-state index in [-0.39, 0.29) is 6.04 Å². The van der Waals surface area contributed by atoms with Gasteiger partial charge in [0.25, 0.3) is 0 Å². The van der Waals surface area contributed by atoms with Crippen molar-refractivity contribution in [3.8, 4) is 0 Å². The zero-order chi connectivity index (χ0) is 14.5. The SMILES string of the molecule is CCNC(CSc1cccc(C)c1)c1c(Br)cnn1C. The van der Waals surface area contributed by atoms with Gasteiger partial charge in [0.05, 0.1) is 22.4 Å². The minimum absolute atomic E-state index is 0.285. The molecule has 1 atom stereocenters. The lowest BCUT2D eigenvalue weighted by atomic mass is 10.2. The zero-order valence-electron chi connectivity index (χ0n) is 12.1. The van der Waals surface area contributed by atoms with Crippen molar-refractivity contribution < 1.29 is 0 Å². The summed E-state index contributed by atoms with van der Waals surface area (Å²) in [6.07, 6.45) is 1.86. The van der Waals surface area contributed by atoms with Gasteiger partial charge in [0.1, 0.15) is 0 Å². The van der Waals surface area contributed by atoms with Crippen LogP contribution in [0.2, 0.25) is 0 Å². The van der Waals surface area contributed by atoms with E-state index in [1.807, 2.05) is 29.7 Å². The van der Waals surface area contributed by atoms with Crippen molar-refractivity contribution in [3.63, 3.8) is 0 Å². The number of hydrogen-bond donors (Lipinski definition) is 1. The van der Waals surface area contributed by atoms with Crippen molar-refractivity contribution in [1.82, 2.24) is 15.1 Å². The van der Waals surface area contributed by atoms with Crippen molar-refractivity contribution in [3.05, 3.63) is 46.2 Å². The van der Waals surface area contributed by atoms with Crippen LogP contribution in [0.4, 0.5) is 0 Å². The molecule has 0 aliphatic rings. The fraction of sp³-hybridized carbons (Fsp3) is 0.400. The maximum absolute atomic E-state index is 4.31. The summed E-state index contributed by atoms with van der Waals surface area (Å²) in [5.41, 5.74) is 2.50. The number of nitrogens with one attached hydrogen (secondary N) is 1. The number of halogens is 1. The minimum atomic E-state index is 0.285. The van der Waals surface area contributed by atoms with Gasteiger partial charge in [0.2, 0.25) is 0 Å². The van der Waals surface area contributed by atoms with E-state index in [0.717, 1.165) is 16.8 Å². The number of hydrogen-bond acceptors (Lipinski definition) is 3. The number of benzene rings is 1. The first-order valence-electron chi connectivity index (χ1n) is 6.72. The molecule has 3 nitrogen and oxygen atoms in total. The summed E-state index contributed by atoms with van der Waals surface area (Å²) in [4.78, 5) is 1.31. The average molecular weight is 354 g/mol. The molecule has 1 heterocycles. The molecule has 5 heteroatoms. The Morgan fingerprint density at radius 2 is 2.25 bits per heavy atom. The minimum Gasteiger partial charge on any atom is -0.308 e. The number of aryl methyl sites for hydroxylation is 2. The van der Waals surface area contributed by atoms with E-state index in [1.54, 1.807) is 0 Å². The topological polar surface area (TPSA) is 29.9 Å². The molecular formula is C15H20BrN3S. The second kappa shape index (κ2) is 7.29. The highest BCUT2D eigenvalue weighted by Gasteiger charge is 2.18. The summed E-state index contributed by atoms with van der Waals surface area (Å²) in [5, 5.41) is 7.85. The Kier molecular flexibility index (Phi) is 5.69. The molecule has 1 aromatic carbocycles. The third-order valence-corrected chi connectivity index (χ3v) is 4.82. The van der Waals surface area contributed by atoms with Crippen LogP contribution in [-0.4, -0.2) is 22.1 Å². The van der Waals surface area contributed by atoms with E-state index < -0.39 is 0 Å². The van der Waals surface area contributed by atoms with Crippen molar-refractivity contribution >= 4 is 27.7 Å². The van der Waals surface area contributed by atoms with Gasteiger partial charge >= 0.3 is 0 Å². The molecule has 2 rings (SSSR count). The van der Waals surface area contributed by atoms with Crippen molar-refractivity contribution in [2.45, 2.75) is 24.8 Å². The molecule has 0 aliphatic carbocycles. The molecule has 1 aromatic heterocycles. The van der Waals surface area contributed by atoms with Crippen LogP contribution in [0.3, 0.4) is 0 Å². The highest BCUT2D eigenvalue weighted by Crippen LogP contribution is 2.29. The first-order chi connectivity index (χ1) is 9.61. The zero-order valence-corrected chi connectivity index (χ0v) is 14.5. The lowest BCUT2D eigenvalue weighted by molar-refractivity contribution is 0.551. The first-order valence-corrected chi connectivity index (χ1v) is 8.50. The largest absolute Gasteiger partial charge is 0.308 e. The molecule has 0 radical (unpaired) electrons. The maximum atomic E-state index is 4.31. The van der Waals surface area contributed by atoms with Gasteiger partial charge in [-0.2, -0.15) is 5.10 Å². The Hall–Kier alpha value is -0.780. The van der Waals surface area contributed by atoms with E-state index in [4.69, 9.17) is 0 Å². The highest BCUT2D eigenvalue weighted by molar-refractivity contribution is 9.10. The van der Waals surface area contributed by atoms with Crippen molar-refractivity contribution in [2.24, 2.45) is 7.05 Å². The monoisotopic (exact) mass is 353 g/mol. The second-order valence-corrected chi connectivity index (χ2v) is 6.69. The highest BCUT2D eigenvalue weighted by atomic mass is 79.9. The molecule has 20 heavy (non-hydrogen) atoms. The van der Waals surface area contributed by atoms with Gasteiger partial charge in [-0.05, 0) is 41.5 Å². The van der Waals surface area contributed by atoms with E-state index in [1.165, 1.54) is 16.2 Å². The van der Waals surface area contributed by atoms with E-state index in [9.17, 15) is 0 Å². The summed E-state index contributed by atoms with van der Waals surface area (Å²) in [5.74, 6) is 0.982. The Morgan fingerprint density at radius 3 is 2.85 bits per heavy atom. The van der Waals surface area contributed by atoms with Gasteiger partial charge in [-0.1, -0.05) is 24.6 Å². The maximum Gasteiger partial charge on any atom is 0.0700 e. The van der Waals surface area contributed by atoms with Gasteiger partial charge in [-0.3, -0.25) is 4.68 Å². The molecule has 2 aromatic rings. The summed E-state index contributed by atoms with van der Waals surface area (Å²) < 4.78 is 3.00. The molecular weight excluding hydrogens is 334 g/mol. The number of rotatable bonds is 6. The second-order valence-electron chi connectivity index (χ2n) is 4.74. The van der Waals surface area contributed by atoms with Crippen LogP contribution in [0.15, 0.2) is 39.8 Å². The van der Waals surface area contributed by atoms with Crippen molar-refractivity contribution in [1.29, 1.82) is 0 Å². The average Bonchev–Trinajstić information content (AvgIpc) is 2.75. The summed E-state index contributed by atoms with van der Waals surface area (Å²) >= 11 is 5.47. The van der Waals surface area contributed by atoms with Gasteiger partial charge in [-0.15, -0.1) is 11.8 Å². The predicted molar refractivity (Wildman–Crippen MR) is 89.2 cm³/mol. The molecule has 0 amide bonds. The predicted octanol–water partition coefficient (Wildman–Crippen LogP) is 3.93. The van der Waals surface area contributed by atoms with Crippen LogP contribution in [0.1, 0.15) is 24.2 Å². The fourth-order valence-corrected chi connectivity index (χ4v) is 3.88. The number of thioether (sulfide) groups is 1. The van der Waals surface area contributed by atoms with Gasteiger partial charge in [-0.25, -0.2) is 0 Å². The van der Waals surface area contributed by atoms with Gasteiger partial charge in [0.15, 0.2) is 0 Å². The normalized spacial score (nSPS) is 12.6. The molecule has 108 valence electrons. The summed E-state index contributed by atoms with van der Waals surface area (Å²) in [6.45, 7) is 5.20. The molecule has 1 N–H and O–H groups in total. The quantitative estimate of drug-likeness (QED) is 0.797. The first kappa shape index (κ1) is 15.6. The van der Waals surface area contributed by atoms with E-state index in [0.29, 0.717) is 0 Å². The molecule has 1 unspecified atom stereocenters. The van der Waals surface area contributed by atoms with Crippen LogP contribution in [0, 0.1) is 6.92 Å². The Balaban J connectivity index is 2.10. The molecule has 0 bridgehead atoms. The van der Waals surface area contributed by atoms with Crippen molar-refractivity contribution in [2.75, 3.05) is 12.3 Å². The Morgan fingerprint density at radius 1 is 1.45 bits per heavy atom. The lowest BCUT2D eigenvalue weighted by Crippen LogP contribution is -2.25. The smallest absolute Gasteiger partial charge is 0.0700 e. The fourth-order valence-electron chi connectivity index (χ4n) is 2.18. The molecule has 0 spiro atoms. The number of nitrogens with zero attached hydrogens (tertiary/aromatic N) is 2. The van der Waals surface area contributed by atoms with Gasteiger partial charge in [0, 0.05) is 17.7 Å². The van der Waals surface area contributed by atoms with Crippen LogP contribution in [-0.2, 0) is 7.05 Å². The Bertz CT molecular complexity index is 548. The van der Waals surface area contributed by atoms with Crippen LogP contribution >= 0.6 is 27.7 Å². The lowest BCUT2D eigenvalue weighted by Gasteiger charge is -2.18. The molecule has 0 aliphatic heterocycles. The standard InChI is InChI=1S/C15H20BrN3S/c1-4-17-14(15-13(16)9-18-19(15)3)10-20-12-7-5-6-11(2)8-12/h5-9,14,17H,4,10H2,1-3H3. The molecule has 0 saturated heterocycles. The Labute approximate surface area is 133 Å². The van der Waals surface area contributed by atoms with Crippen LogP contribution < -0.4 is 5.32 Å². The third-order valence-electron chi connectivity index (χ3n) is 3.12. The summed E-state index contributed by atoms with van der Waals surface area (Å²) in [7, 11) is 1.99. The molecule has 0 fully saturated rings. The van der Waals surface area contributed by atoms with Gasteiger partial charge < -0.3 is 5.32 Å². The number of aromatic nitrogens is 2. The van der Waals surface area contributed by atoms with Crippen LogP contribution in [0.25, 0.3) is 0 Å². The van der Waals surface area contributed by atoms with E-state index in [2.05, 4.69) is 64.5 Å². The van der Waals surface area contributed by atoms with E-state index >= 15 is 0 Å². The van der Waals surface area contributed by atoms with Crippen LogP contribution in [0.5, 0.6) is 0 Å². The third kappa shape index (κ3) is 3.87. The molecule has 0 saturated carbocycles. The summed E-state index contributed by atoms with van der Waals surface area (Å²) in [6, 6.07) is 8.92.